The Kier molecular flexibility index (Phi) is 9.29. The molecule has 1 saturated heterocycles. The third-order valence-corrected chi connectivity index (χ3v) is 6.68. The summed E-state index contributed by atoms with van der Waals surface area (Å²) in [6, 6.07) is 13.6. The SMILES string of the molecule is CCNC(=O)NCCCn1c(-c2ccc(N3CCOCC3)cc2)csc1=Nc1ccc(OC(F)(F)F)cc1. The number of rotatable bonds is 9. The number of ether oxygens (including phenoxy) is 2. The molecule has 1 aliphatic heterocycles. The summed E-state index contributed by atoms with van der Waals surface area (Å²) in [4.78, 5) is 19.4. The first-order chi connectivity index (χ1) is 18.3. The first-order valence-corrected chi connectivity index (χ1v) is 13.2. The number of hydrogen-bond acceptors (Lipinski definition) is 6. The second-order valence-corrected chi connectivity index (χ2v) is 9.33. The van der Waals surface area contributed by atoms with Crippen LogP contribution in [0.25, 0.3) is 11.3 Å². The molecule has 1 fully saturated rings. The highest BCUT2D eigenvalue weighted by Crippen LogP contribution is 2.27. The minimum absolute atomic E-state index is 0.215. The summed E-state index contributed by atoms with van der Waals surface area (Å²) in [5.74, 6) is -0.298. The normalized spacial score (nSPS) is 14.4. The molecule has 2 heterocycles. The van der Waals surface area contributed by atoms with E-state index in [2.05, 4.69) is 54.1 Å². The number of anilines is 1. The summed E-state index contributed by atoms with van der Waals surface area (Å²) in [7, 11) is 0. The minimum Gasteiger partial charge on any atom is -0.406 e. The number of alkyl halides is 3. The monoisotopic (exact) mass is 549 g/mol. The third-order valence-electron chi connectivity index (χ3n) is 5.81. The zero-order chi connectivity index (χ0) is 27.0. The summed E-state index contributed by atoms with van der Waals surface area (Å²) in [6.45, 7) is 6.60. The topological polar surface area (TPSA) is 80.1 Å². The van der Waals surface area contributed by atoms with Crippen molar-refractivity contribution in [2.75, 3.05) is 44.3 Å². The van der Waals surface area contributed by atoms with Crippen molar-refractivity contribution in [3.8, 4) is 17.0 Å². The van der Waals surface area contributed by atoms with E-state index in [-0.39, 0.29) is 11.8 Å². The number of thiazole rings is 1. The summed E-state index contributed by atoms with van der Waals surface area (Å²) >= 11 is 1.44. The zero-order valence-electron chi connectivity index (χ0n) is 21.0. The highest BCUT2D eigenvalue weighted by atomic mass is 32.1. The van der Waals surface area contributed by atoms with Crippen LogP contribution in [0.5, 0.6) is 5.75 Å². The van der Waals surface area contributed by atoms with Crippen LogP contribution in [0.15, 0.2) is 58.9 Å². The quantitative estimate of drug-likeness (QED) is 0.373. The predicted molar refractivity (Wildman–Crippen MR) is 141 cm³/mol. The van der Waals surface area contributed by atoms with Gasteiger partial charge in [0.15, 0.2) is 4.80 Å². The second kappa shape index (κ2) is 12.8. The number of carbonyl (C=O) groups excluding carboxylic acids is 1. The van der Waals surface area contributed by atoms with Crippen molar-refractivity contribution < 1.29 is 27.4 Å². The molecule has 12 heteroatoms. The maximum atomic E-state index is 12.5. The van der Waals surface area contributed by atoms with Crippen LogP contribution in [-0.4, -0.2) is 56.4 Å². The summed E-state index contributed by atoms with van der Waals surface area (Å²) < 4.78 is 48.9. The molecule has 4 rings (SSSR count). The van der Waals surface area contributed by atoms with E-state index in [0.717, 1.165) is 30.0 Å². The van der Waals surface area contributed by atoms with Gasteiger partial charge >= 0.3 is 12.4 Å². The van der Waals surface area contributed by atoms with Gasteiger partial charge < -0.3 is 29.6 Å². The molecule has 0 unspecified atom stereocenters. The van der Waals surface area contributed by atoms with E-state index in [1.54, 1.807) is 0 Å². The second-order valence-electron chi connectivity index (χ2n) is 8.49. The first-order valence-electron chi connectivity index (χ1n) is 12.4. The van der Waals surface area contributed by atoms with Crippen molar-refractivity contribution in [1.82, 2.24) is 15.2 Å². The van der Waals surface area contributed by atoms with Crippen LogP contribution >= 0.6 is 11.3 Å². The lowest BCUT2D eigenvalue weighted by Crippen LogP contribution is -2.36. The summed E-state index contributed by atoms with van der Waals surface area (Å²) in [5.41, 5.74) is 3.63. The van der Waals surface area contributed by atoms with Crippen molar-refractivity contribution in [3.63, 3.8) is 0 Å². The molecule has 2 N–H and O–H groups in total. The lowest BCUT2D eigenvalue weighted by molar-refractivity contribution is -0.274. The van der Waals surface area contributed by atoms with Crippen molar-refractivity contribution in [2.45, 2.75) is 26.3 Å². The van der Waals surface area contributed by atoms with E-state index in [1.165, 1.54) is 35.6 Å². The maximum Gasteiger partial charge on any atom is 0.573 e. The lowest BCUT2D eigenvalue weighted by Gasteiger charge is -2.28. The fourth-order valence-electron chi connectivity index (χ4n) is 4.02. The van der Waals surface area contributed by atoms with Crippen molar-refractivity contribution in [3.05, 3.63) is 58.7 Å². The van der Waals surface area contributed by atoms with Crippen molar-refractivity contribution >= 4 is 28.7 Å². The standard InChI is InChI=1S/C26H30F3N5O3S/c1-2-30-24(35)31-12-3-13-34-23(19-4-8-21(9-5-19)33-14-16-36-17-15-33)18-38-25(34)32-20-6-10-22(11-7-20)37-26(27,28)29/h4-11,18H,2-3,12-17H2,1H3,(H2,30,31,35). The van der Waals surface area contributed by atoms with Gasteiger partial charge in [-0.25, -0.2) is 9.79 Å². The van der Waals surface area contributed by atoms with Crippen LogP contribution in [0, 0.1) is 0 Å². The smallest absolute Gasteiger partial charge is 0.406 e. The Morgan fingerprint density at radius 1 is 1.08 bits per heavy atom. The molecular weight excluding hydrogens is 519 g/mol. The van der Waals surface area contributed by atoms with Gasteiger partial charge in [-0.3, -0.25) is 0 Å². The van der Waals surface area contributed by atoms with Gasteiger partial charge in [0.05, 0.1) is 24.6 Å². The molecular formula is C26H30F3N5O3S. The number of aromatic nitrogens is 1. The Morgan fingerprint density at radius 3 is 2.45 bits per heavy atom. The van der Waals surface area contributed by atoms with Gasteiger partial charge in [0.25, 0.3) is 0 Å². The number of benzene rings is 2. The van der Waals surface area contributed by atoms with Crippen LogP contribution in [0.2, 0.25) is 0 Å². The van der Waals surface area contributed by atoms with E-state index in [1.807, 2.05) is 12.3 Å². The summed E-state index contributed by atoms with van der Waals surface area (Å²) in [6.07, 6.45) is -4.08. The molecule has 0 atom stereocenters. The molecule has 0 radical (unpaired) electrons. The average molecular weight is 550 g/mol. The van der Waals surface area contributed by atoms with Crippen LogP contribution in [0.4, 0.5) is 29.3 Å². The lowest BCUT2D eigenvalue weighted by atomic mass is 10.1. The van der Waals surface area contributed by atoms with E-state index in [9.17, 15) is 18.0 Å². The van der Waals surface area contributed by atoms with Crippen LogP contribution in [0.3, 0.4) is 0 Å². The Balaban J connectivity index is 1.57. The molecule has 0 spiro atoms. The molecule has 3 aromatic rings. The average Bonchev–Trinajstić information content (AvgIpc) is 3.30. The van der Waals surface area contributed by atoms with Crippen LogP contribution < -0.4 is 25.1 Å². The fourth-order valence-corrected chi connectivity index (χ4v) is 4.98. The molecule has 1 aromatic heterocycles. The van der Waals surface area contributed by atoms with Gasteiger partial charge in [0, 0.05) is 43.8 Å². The van der Waals surface area contributed by atoms with Gasteiger partial charge in [0.1, 0.15) is 5.75 Å². The molecule has 2 amide bonds. The number of carbonyl (C=O) groups is 1. The number of hydrogen-bond donors (Lipinski definition) is 2. The Morgan fingerprint density at radius 2 is 1.79 bits per heavy atom. The highest BCUT2D eigenvalue weighted by molar-refractivity contribution is 7.07. The largest absolute Gasteiger partial charge is 0.573 e. The Hall–Kier alpha value is -3.51. The first kappa shape index (κ1) is 27.5. The fraction of sp³-hybridized carbons (Fsp3) is 0.385. The van der Waals surface area contributed by atoms with Crippen molar-refractivity contribution in [2.24, 2.45) is 4.99 Å². The Labute approximate surface area is 222 Å². The van der Waals surface area contributed by atoms with E-state index in [0.29, 0.717) is 49.8 Å². The minimum atomic E-state index is -4.75. The number of halogens is 3. The van der Waals surface area contributed by atoms with Crippen LogP contribution in [-0.2, 0) is 11.3 Å². The zero-order valence-corrected chi connectivity index (χ0v) is 21.8. The van der Waals surface area contributed by atoms with E-state index in [4.69, 9.17) is 4.74 Å². The number of morpholine rings is 1. The third kappa shape index (κ3) is 7.75. The molecule has 204 valence electrons. The predicted octanol–water partition coefficient (Wildman–Crippen LogP) is 4.89. The van der Waals surface area contributed by atoms with Gasteiger partial charge in [-0.15, -0.1) is 24.5 Å². The number of amides is 2. The molecule has 2 aromatic carbocycles. The van der Waals surface area contributed by atoms with E-state index >= 15 is 0 Å². The number of urea groups is 1. The highest BCUT2D eigenvalue weighted by Gasteiger charge is 2.30. The molecule has 0 aliphatic carbocycles. The maximum absolute atomic E-state index is 12.5. The van der Waals surface area contributed by atoms with Gasteiger partial charge in [0.2, 0.25) is 0 Å². The van der Waals surface area contributed by atoms with E-state index < -0.39 is 6.36 Å². The van der Waals surface area contributed by atoms with Gasteiger partial charge in [-0.2, -0.15) is 0 Å². The van der Waals surface area contributed by atoms with Crippen molar-refractivity contribution in [1.29, 1.82) is 0 Å². The summed E-state index contributed by atoms with van der Waals surface area (Å²) in [5, 5.41) is 7.55. The van der Waals surface area contributed by atoms with Crippen LogP contribution in [0.1, 0.15) is 13.3 Å². The molecule has 38 heavy (non-hydrogen) atoms. The van der Waals surface area contributed by atoms with Gasteiger partial charge in [-0.1, -0.05) is 12.1 Å². The Bertz CT molecular complexity index is 1250. The molecule has 8 nitrogen and oxygen atoms in total. The van der Waals surface area contributed by atoms with Gasteiger partial charge in [-0.05, 0) is 55.3 Å². The number of nitrogens with one attached hydrogen (secondary N) is 2. The number of nitrogens with zero attached hydrogens (tertiary/aromatic N) is 3. The molecule has 0 bridgehead atoms. The molecule has 0 saturated carbocycles. The molecule has 1 aliphatic rings.